The number of nitrogens with zero attached hydrogens (tertiary/aromatic N) is 3. The van der Waals surface area contributed by atoms with Crippen LogP contribution in [0.15, 0.2) is 17.8 Å². The van der Waals surface area contributed by atoms with Gasteiger partial charge in [0, 0.05) is 11.3 Å². The molecule has 2 heterocycles. The molecule has 7 heteroatoms. The Morgan fingerprint density at radius 3 is 2.83 bits per heavy atom. The van der Waals surface area contributed by atoms with E-state index in [0.717, 1.165) is 10.8 Å². The number of anilines is 2. The number of carboxylic acids is 1. The smallest absolute Gasteiger partial charge is 0.356 e. The quantitative estimate of drug-likeness (QED) is 0.878. The van der Waals surface area contributed by atoms with Gasteiger partial charge < -0.3 is 10.4 Å². The van der Waals surface area contributed by atoms with Gasteiger partial charge in [-0.05, 0) is 12.8 Å². The van der Waals surface area contributed by atoms with E-state index in [4.69, 9.17) is 5.11 Å². The summed E-state index contributed by atoms with van der Waals surface area (Å²) >= 11 is 1.52. The van der Waals surface area contributed by atoms with Crippen molar-refractivity contribution in [2.75, 3.05) is 5.32 Å². The van der Waals surface area contributed by atoms with Crippen molar-refractivity contribution in [2.24, 2.45) is 0 Å². The fraction of sp³-hybridized carbons (Fsp3) is 0.273. The van der Waals surface area contributed by atoms with Crippen LogP contribution in [-0.4, -0.2) is 26.0 Å². The zero-order chi connectivity index (χ0) is 12.5. The summed E-state index contributed by atoms with van der Waals surface area (Å²) in [6, 6.07) is 0. The molecule has 1 aliphatic carbocycles. The summed E-state index contributed by atoms with van der Waals surface area (Å²) in [6.07, 6.45) is 5.05. The average molecular weight is 262 g/mol. The maximum atomic E-state index is 10.6. The Hall–Kier alpha value is -2.02. The largest absolute Gasteiger partial charge is 0.476 e. The molecule has 0 bridgehead atoms. The first-order valence-electron chi connectivity index (χ1n) is 5.50. The molecule has 6 nitrogen and oxygen atoms in total. The second kappa shape index (κ2) is 4.34. The SMILES string of the molecule is O=C(O)c1cnc(Nc2nc(C3CC3)cs2)cn1. The second-order valence-corrected chi connectivity index (χ2v) is 4.93. The number of aromatic carboxylic acids is 1. The van der Waals surface area contributed by atoms with Crippen LogP contribution >= 0.6 is 11.3 Å². The Balaban J connectivity index is 1.72. The van der Waals surface area contributed by atoms with E-state index in [1.54, 1.807) is 0 Å². The van der Waals surface area contributed by atoms with Gasteiger partial charge in [0.05, 0.1) is 18.1 Å². The molecule has 1 saturated carbocycles. The highest BCUT2D eigenvalue weighted by Gasteiger charge is 2.26. The summed E-state index contributed by atoms with van der Waals surface area (Å²) < 4.78 is 0. The molecule has 0 amide bonds. The van der Waals surface area contributed by atoms with Crippen LogP contribution in [0.3, 0.4) is 0 Å². The molecule has 0 unspecified atom stereocenters. The minimum Gasteiger partial charge on any atom is -0.476 e. The first-order valence-corrected chi connectivity index (χ1v) is 6.38. The fourth-order valence-corrected chi connectivity index (χ4v) is 2.32. The number of carboxylic acid groups (broad SMARTS) is 1. The van der Waals surface area contributed by atoms with E-state index in [-0.39, 0.29) is 5.69 Å². The van der Waals surface area contributed by atoms with Crippen LogP contribution < -0.4 is 5.32 Å². The molecule has 1 fully saturated rings. The maximum absolute atomic E-state index is 10.6. The number of rotatable bonds is 4. The normalized spacial score (nSPS) is 14.4. The van der Waals surface area contributed by atoms with Gasteiger partial charge in [-0.1, -0.05) is 0 Å². The van der Waals surface area contributed by atoms with Crippen molar-refractivity contribution >= 4 is 28.3 Å². The van der Waals surface area contributed by atoms with Crippen LogP contribution in [0.1, 0.15) is 34.9 Å². The summed E-state index contributed by atoms with van der Waals surface area (Å²) in [5.74, 6) is 0.0354. The number of hydrogen-bond donors (Lipinski definition) is 2. The van der Waals surface area contributed by atoms with Gasteiger partial charge in [-0.15, -0.1) is 11.3 Å². The molecule has 18 heavy (non-hydrogen) atoms. The van der Waals surface area contributed by atoms with Crippen LogP contribution in [0, 0.1) is 0 Å². The van der Waals surface area contributed by atoms with Crippen molar-refractivity contribution in [1.29, 1.82) is 0 Å². The predicted octanol–water partition coefficient (Wildman–Crippen LogP) is 2.25. The average Bonchev–Trinajstić information content (AvgIpc) is 3.11. The Labute approximate surface area is 107 Å². The van der Waals surface area contributed by atoms with Crippen LogP contribution in [0.2, 0.25) is 0 Å². The highest BCUT2D eigenvalue weighted by molar-refractivity contribution is 7.13. The molecule has 92 valence electrons. The van der Waals surface area contributed by atoms with E-state index >= 15 is 0 Å². The first-order chi connectivity index (χ1) is 8.72. The highest BCUT2D eigenvalue weighted by Crippen LogP contribution is 2.41. The van der Waals surface area contributed by atoms with Gasteiger partial charge in [0.15, 0.2) is 16.6 Å². The zero-order valence-corrected chi connectivity index (χ0v) is 10.1. The predicted molar refractivity (Wildman–Crippen MR) is 66.4 cm³/mol. The number of nitrogens with one attached hydrogen (secondary N) is 1. The molecule has 0 aromatic carbocycles. The molecule has 0 radical (unpaired) electrons. The van der Waals surface area contributed by atoms with Gasteiger partial charge in [0.25, 0.3) is 0 Å². The molecular weight excluding hydrogens is 252 g/mol. The minimum absolute atomic E-state index is 0.0710. The first kappa shape index (κ1) is 11.1. The van der Waals surface area contributed by atoms with E-state index in [0.29, 0.717) is 11.7 Å². The van der Waals surface area contributed by atoms with E-state index in [9.17, 15) is 4.79 Å². The fourth-order valence-electron chi connectivity index (χ4n) is 1.52. The second-order valence-electron chi connectivity index (χ2n) is 4.07. The lowest BCUT2D eigenvalue weighted by atomic mass is 10.3. The lowest BCUT2D eigenvalue weighted by Gasteiger charge is -2.00. The standard InChI is InChI=1S/C11H10N4O2S/c16-10(17)7-3-13-9(4-12-7)15-11-14-8(5-18-11)6-1-2-6/h3-6H,1-2H2,(H,16,17)(H,13,14,15). The maximum Gasteiger partial charge on any atom is 0.356 e. The topological polar surface area (TPSA) is 88.0 Å². The monoisotopic (exact) mass is 262 g/mol. The number of thiazole rings is 1. The third kappa shape index (κ3) is 2.30. The number of hydrogen-bond acceptors (Lipinski definition) is 6. The molecule has 2 aromatic heterocycles. The third-order valence-corrected chi connectivity index (χ3v) is 3.40. The summed E-state index contributed by atoms with van der Waals surface area (Å²) in [5.41, 5.74) is 1.05. The molecule has 0 saturated heterocycles. The molecule has 0 spiro atoms. The summed E-state index contributed by atoms with van der Waals surface area (Å²) in [7, 11) is 0. The van der Waals surface area contributed by atoms with Crippen LogP contribution in [0.25, 0.3) is 0 Å². The van der Waals surface area contributed by atoms with E-state index in [2.05, 4.69) is 20.3 Å². The van der Waals surface area contributed by atoms with Gasteiger partial charge in [-0.3, -0.25) is 0 Å². The number of carbonyl (C=O) groups is 1. The van der Waals surface area contributed by atoms with Crippen molar-refractivity contribution in [2.45, 2.75) is 18.8 Å². The van der Waals surface area contributed by atoms with E-state index in [1.165, 1.54) is 36.6 Å². The molecule has 2 N–H and O–H groups in total. The van der Waals surface area contributed by atoms with Gasteiger partial charge in [0.1, 0.15) is 0 Å². The lowest BCUT2D eigenvalue weighted by Crippen LogP contribution is -2.02. The van der Waals surface area contributed by atoms with Crippen LogP contribution in [0.5, 0.6) is 0 Å². The van der Waals surface area contributed by atoms with Crippen molar-refractivity contribution in [3.63, 3.8) is 0 Å². The van der Waals surface area contributed by atoms with Crippen LogP contribution in [0.4, 0.5) is 10.9 Å². The molecule has 3 rings (SSSR count). The minimum atomic E-state index is -1.08. The van der Waals surface area contributed by atoms with Gasteiger partial charge in [-0.2, -0.15) is 0 Å². The Morgan fingerprint density at radius 1 is 1.39 bits per heavy atom. The van der Waals surface area contributed by atoms with Crippen molar-refractivity contribution < 1.29 is 9.90 Å². The van der Waals surface area contributed by atoms with Gasteiger partial charge >= 0.3 is 5.97 Å². The molecule has 0 atom stereocenters. The van der Waals surface area contributed by atoms with E-state index in [1.807, 2.05) is 5.38 Å². The Kier molecular flexibility index (Phi) is 2.67. The van der Waals surface area contributed by atoms with Gasteiger partial charge in [-0.25, -0.2) is 19.7 Å². The summed E-state index contributed by atoms with van der Waals surface area (Å²) in [4.78, 5) is 22.8. The Morgan fingerprint density at radius 2 is 2.22 bits per heavy atom. The molecule has 1 aliphatic rings. The highest BCUT2D eigenvalue weighted by atomic mass is 32.1. The Bertz CT molecular complexity index is 577. The van der Waals surface area contributed by atoms with Crippen LogP contribution in [-0.2, 0) is 0 Å². The molecular formula is C11H10N4O2S. The molecule has 0 aliphatic heterocycles. The van der Waals surface area contributed by atoms with Gasteiger partial charge in [0.2, 0.25) is 0 Å². The van der Waals surface area contributed by atoms with Crippen molar-refractivity contribution in [1.82, 2.24) is 15.0 Å². The third-order valence-electron chi connectivity index (χ3n) is 2.62. The van der Waals surface area contributed by atoms with Crippen molar-refractivity contribution in [3.8, 4) is 0 Å². The zero-order valence-electron chi connectivity index (χ0n) is 9.33. The van der Waals surface area contributed by atoms with E-state index < -0.39 is 5.97 Å². The lowest BCUT2D eigenvalue weighted by molar-refractivity contribution is 0.0690. The summed E-state index contributed by atoms with van der Waals surface area (Å²) in [6.45, 7) is 0. The van der Waals surface area contributed by atoms with Crippen molar-refractivity contribution in [3.05, 3.63) is 29.2 Å². The molecule has 2 aromatic rings. The number of aromatic nitrogens is 3. The summed E-state index contributed by atoms with van der Waals surface area (Å²) in [5, 5.41) is 14.5.